The van der Waals surface area contributed by atoms with Crippen LogP contribution < -0.4 is 5.32 Å². The Kier molecular flexibility index (Phi) is 5.94. The highest BCUT2D eigenvalue weighted by molar-refractivity contribution is 7.99. The van der Waals surface area contributed by atoms with Gasteiger partial charge in [0, 0.05) is 30.2 Å². The van der Waals surface area contributed by atoms with Gasteiger partial charge in [-0.15, -0.1) is 11.8 Å². The van der Waals surface area contributed by atoms with Crippen molar-refractivity contribution in [3.63, 3.8) is 0 Å². The maximum Gasteiger partial charge on any atom is 0.321 e. The van der Waals surface area contributed by atoms with E-state index in [0.29, 0.717) is 6.04 Å². The number of rotatable bonds is 5. The van der Waals surface area contributed by atoms with Gasteiger partial charge >= 0.3 is 6.03 Å². The Hall–Kier alpha value is -1.20. The van der Waals surface area contributed by atoms with Crippen molar-refractivity contribution in [3.8, 4) is 0 Å². The minimum absolute atomic E-state index is 0.0238. The van der Waals surface area contributed by atoms with E-state index in [9.17, 15) is 4.79 Å². The van der Waals surface area contributed by atoms with Crippen molar-refractivity contribution in [2.75, 3.05) is 38.3 Å². The molecule has 2 rings (SSSR count). The monoisotopic (exact) mass is 307 g/mol. The zero-order valence-electron chi connectivity index (χ0n) is 13.1. The topological polar surface area (TPSA) is 35.6 Å². The number of urea groups is 1. The predicted molar refractivity (Wildman–Crippen MR) is 90.1 cm³/mol. The molecule has 1 aromatic rings. The quantitative estimate of drug-likeness (QED) is 0.847. The van der Waals surface area contributed by atoms with Crippen LogP contribution in [0, 0.1) is 0 Å². The molecule has 0 aliphatic carbocycles. The zero-order chi connectivity index (χ0) is 15.2. The minimum Gasteiger partial charge on any atom is -0.323 e. The van der Waals surface area contributed by atoms with Crippen LogP contribution in [0.1, 0.15) is 19.8 Å². The van der Waals surface area contributed by atoms with Crippen molar-refractivity contribution < 1.29 is 4.79 Å². The third-order valence-corrected chi connectivity index (χ3v) is 5.03. The molecule has 1 atom stereocenters. The van der Waals surface area contributed by atoms with E-state index in [1.54, 1.807) is 0 Å². The first kappa shape index (κ1) is 16.2. The number of nitrogens with one attached hydrogen (secondary N) is 1. The highest BCUT2D eigenvalue weighted by atomic mass is 32.2. The number of hydrogen-bond donors (Lipinski definition) is 1. The van der Waals surface area contributed by atoms with Crippen LogP contribution in [-0.2, 0) is 0 Å². The molecule has 2 amide bonds. The second-order valence-corrected chi connectivity index (χ2v) is 6.79. The molecule has 5 heteroatoms. The lowest BCUT2D eigenvalue weighted by molar-refractivity contribution is 0.204. The SMILES string of the molecule is CCCSc1ccc(NC(=O)N(C)[C@H]2CCN(C)C2)cc1. The smallest absolute Gasteiger partial charge is 0.321 e. The Morgan fingerprint density at radius 1 is 1.43 bits per heavy atom. The highest BCUT2D eigenvalue weighted by Gasteiger charge is 2.26. The van der Waals surface area contributed by atoms with Gasteiger partial charge < -0.3 is 15.1 Å². The van der Waals surface area contributed by atoms with Crippen molar-refractivity contribution in [2.45, 2.75) is 30.7 Å². The second-order valence-electron chi connectivity index (χ2n) is 5.62. The molecule has 1 aliphatic rings. The Balaban J connectivity index is 1.87. The normalized spacial score (nSPS) is 18.7. The maximum atomic E-state index is 12.3. The van der Waals surface area contributed by atoms with Crippen LogP contribution in [0.3, 0.4) is 0 Å². The molecule has 1 fully saturated rings. The summed E-state index contributed by atoms with van der Waals surface area (Å²) in [6.07, 6.45) is 2.22. The molecule has 21 heavy (non-hydrogen) atoms. The number of benzene rings is 1. The highest BCUT2D eigenvalue weighted by Crippen LogP contribution is 2.21. The summed E-state index contributed by atoms with van der Waals surface area (Å²) in [4.78, 5) is 17.6. The second kappa shape index (κ2) is 7.71. The van der Waals surface area contributed by atoms with Gasteiger partial charge in [-0.25, -0.2) is 4.79 Å². The zero-order valence-corrected chi connectivity index (χ0v) is 13.9. The van der Waals surface area contributed by atoms with Crippen LogP contribution >= 0.6 is 11.8 Å². The largest absolute Gasteiger partial charge is 0.323 e. The molecular weight excluding hydrogens is 282 g/mol. The van der Waals surface area contributed by atoms with Gasteiger partial charge in [0.2, 0.25) is 0 Å². The summed E-state index contributed by atoms with van der Waals surface area (Å²) in [6, 6.07) is 8.38. The van der Waals surface area contributed by atoms with E-state index in [0.717, 1.165) is 31.0 Å². The predicted octanol–water partition coefficient (Wildman–Crippen LogP) is 3.36. The van der Waals surface area contributed by atoms with Crippen LogP contribution in [0.25, 0.3) is 0 Å². The molecule has 1 saturated heterocycles. The number of carbonyl (C=O) groups is 1. The van der Waals surface area contributed by atoms with E-state index in [2.05, 4.69) is 36.3 Å². The van der Waals surface area contributed by atoms with Crippen molar-refractivity contribution in [2.24, 2.45) is 0 Å². The molecule has 0 saturated carbocycles. The number of likely N-dealkylation sites (tertiary alicyclic amines) is 1. The molecule has 0 bridgehead atoms. The van der Waals surface area contributed by atoms with Crippen LogP contribution in [0.5, 0.6) is 0 Å². The standard InChI is InChI=1S/C16H25N3OS/c1-4-11-21-15-7-5-13(6-8-15)17-16(20)19(3)14-9-10-18(2)12-14/h5-8,14H,4,9-12H2,1-3H3,(H,17,20)/t14-/m0/s1. The van der Waals surface area contributed by atoms with Crippen LogP contribution in [0.4, 0.5) is 10.5 Å². The first-order valence-electron chi connectivity index (χ1n) is 7.55. The molecule has 1 aromatic carbocycles. The van der Waals surface area contributed by atoms with Crippen molar-refractivity contribution in [1.29, 1.82) is 0 Å². The minimum atomic E-state index is -0.0238. The van der Waals surface area contributed by atoms with Gasteiger partial charge in [-0.05, 0) is 56.5 Å². The molecule has 4 nitrogen and oxygen atoms in total. The average Bonchev–Trinajstić information content (AvgIpc) is 2.92. The number of anilines is 1. The van der Waals surface area contributed by atoms with Gasteiger partial charge in [0.25, 0.3) is 0 Å². The van der Waals surface area contributed by atoms with Crippen LogP contribution in [0.15, 0.2) is 29.2 Å². The third-order valence-electron chi connectivity index (χ3n) is 3.81. The lowest BCUT2D eigenvalue weighted by Crippen LogP contribution is -2.41. The molecule has 1 heterocycles. The number of hydrogen-bond acceptors (Lipinski definition) is 3. The molecule has 0 spiro atoms. The fraction of sp³-hybridized carbons (Fsp3) is 0.562. The number of carbonyl (C=O) groups excluding carboxylic acids is 1. The van der Waals surface area contributed by atoms with Gasteiger partial charge in [0.15, 0.2) is 0 Å². The summed E-state index contributed by atoms with van der Waals surface area (Å²) < 4.78 is 0. The van der Waals surface area contributed by atoms with E-state index in [4.69, 9.17) is 0 Å². The molecule has 0 aromatic heterocycles. The first-order chi connectivity index (χ1) is 10.1. The van der Waals surface area contributed by atoms with E-state index in [1.165, 1.54) is 11.3 Å². The molecule has 1 N–H and O–H groups in total. The van der Waals surface area contributed by atoms with Gasteiger partial charge in [-0.3, -0.25) is 0 Å². The number of thioether (sulfide) groups is 1. The summed E-state index contributed by atoms with van der Waals surface area (Å²) >= 11 is 1.85. The van der Waals surface area contributed by atoms with E-state index in [1.807, 2.05) is 35.8 Å². The first-order valence-corrected chi connectivity index (χ1v) is 8.54. The van der Waals surface area contributed by atoms with Crippen LogP contribution in [0.2, 0.25) is 0 Å². The fourth-order valence-corrected chi connectivity index (χ4v) is 3.23. The fourth-order valence-electron chi connectivity index (χ4n) is 2.46. The number of amides is 2. The van der Waals surface area contributed by atoms with Gasteiger partial charge in [-0.2, -0.15) is 0 Å². The maximum absolute atomic E-state index is 12.3. The van der Waals surface area contributed by atoms with Crippen LogP contribution in [-0.4, -0.2) is 54.8 Å². The molecule has 116 valence electrons. The van der Waals surface area contributed by atoms with E-state index in [-0.39, 0.29) is 6.03 Å². The van der Waals surface area contributed by atoms with Gasteiger partial charge in [0.1, 0.15) is 0 Å². The summed E-state index contributed by atoms with van der Waals surface area (Å²) in [5, 5.41) is 2.98. The Morgan fingerprint density at radius 3 is 2.71 bits per heavy atom. The average molecular weight is 307 g/mol. The lowest BCUT2D eigenvalue weighted by Gasteiger charge is -2.24. The van der Waals surface area contributed by atoms with E-state index >= 15 is 0 Å². The Morgan fingerprint density at radius 2 is 2.14 bits per heavy atom. The summed E-state index contributed by atoms with van der Waals surface area (Å²) in [6.45, 7) is 4.19. The van der Waals surface area contributed by atoms with Crippen molar-refractivity contribution in [1.82, 2.24) is 9.80 Å². The summed E-state index contributed by atoms with van der Waals surface area (Å²) in [5.41, 5.74) is 0.860. The van der Waals surface area contributed by atoms with Gasteiger partial charge in [-0.1, -0.05) is 6.92 Å². The molecule has 0 radical (unpaired) electrons. The summed E-state index contributed by atoms with van der Waals surface area (Å²) in [5.74, 6) is 1.13. The third kappa shape index (κ3) is 4.64. The summed E-state index contributed by atoms with van der Waals surface area (Å²) in [7, 11) is 3.98. The Labute approximate surface area is 131 Å². The van der Waals surface area contributed by atoms with E-state index < -0.39 is 0 Å². The van der Waals surface area contributed by atoms with Gasteiger partial charge in [0.05, 0.1) is 0 Å². The number of nitrogens with zero attached hydrogens (tertiary/aromatic N) is 2. The van der Waals surface area contributed by atoms with Crippen molar-refractivity contribution >= 4 is 23.5 Å². The van der Waals surface area contributed by atoms with Crippen molar-refractivity contribution in [3.05, 3.63) is 24.3 Å². The molecule has 1 aliphatic heterocycles. The number of likely N-dealkylation sites (N-methyl/N-ethyl adjacent to an activating group) is 2. The lowest BCUT2D eigenvalue weighted by atomic mass is 10.2. The Bertz CT molecular complexity index is 463. The molecular formula is C16H25N3OS. The molecule has 0 unspecified atom stereocenters.